The highest BCUT2D eigenvalue weighted by Crippen LogP contribution is 1.96. The molecule has 8 heavy (non-hydrogen) atoms. The molecule has 0 bridgehead atoms. The zero-order chi connectivity index (χ0) is 5.82. The lowest BCUT2D eigenvalue weighted by atomic mass is 10.5. The SMILES string of the molecule is CC1=CC=NC=CO1. The number of allylic oxidation sites excluding steroid dienone is 2. The van der Waals surface area contributed by atoms with Crippen molar-refractivity contribution in [1.29, 1.82) is 0 Å². The highest BCUT2D eigenvalue weighted by atomic mass is 16.5. The Bertz CT molecular complexity index is 156. The van der Waals surface area contributed by atoms with Crippen molar-refractivity contribution in [3.8, 4) is 0 Å². The first kappa shape index (κ1) is 5.09. The maximum atomic E-state index is 4.96. The van der Waals surface area contributed by atoms with Crippen LogP contribution in [0.3, 0.4) is 0 Å². The molecule has 1 rings (SSSR count). The largest absolute Gasteiger partial charge is 0.468 e. The van der Waals surface area contributed by atoms with Gasteiger partial charge in [0.25, 0.3) is 0 Å². The number of nitrogens with zero attached hydrogens (tertiary/aromatic N) is 1. The Balaban J connectivity index is 2.69. The van der Waals surface area contributed by atoms with Crippen LogP contribution in [0.2, 0.25) is 0 Å². The summed E-state index contributed by atoms with van der Waals surface area (Å²) in [6.45, 7) is 1.88. The molecule has 0 amide bonds. The lowest BCUT2D eigenvalue weighted by molar-refractivity contribution is 0.354. The normalized spacial score (nSPS) is 16.9. The van der Waals surface area contributed by atoms with Crippen molar-refractivity contribution in [3.05, 3.63) is 24.3 Å². The maximum absolute atomic E-state index is 4.96. The van der Waals surface area contributed by atoms with Gasteiger partial charge in [-0.2, -0.15) is 0 Å². The fraction of sp³-hybridized carbons (Fsp3) is 0.167. The van der Waals surface area contributed by atoms with Crippen molar-refractivity contribution in [1.82, 2.24) is 0 Å². The fourth-order valence-electron chi connectivity index (χ4n) is 0.410. The van der Waals surface area contributed by atoms with Gasteiger partial charge in [0.05, 0.1) is 6.20 Å². The van der Waals surface area contributed by atoms with E-state index in [4.69, 9.17) is 4.74 Å². The lowest BCUT2D eigenvalue weighted by Crippen LogP contribution is -1.74. The third kappa shape index (κ3) is 1.22. The van der Waals surface area contributed by atoms with Gasteiger partial charge in [-0.3, -0.25) is 4.99 Å². The van der Waals surface area contributed by atoms with Crippen LogP contribution in [0.15, 0.2) is 29.3 Å². The molecule has 0 atom stereocenters. The number of rotatable bonds is 0. The van der Waals surface area contributed by atoms with Gasteiger partial charge in [-0.05, 0) is 13.0 Å². The zero-order valence-corrected chi connectivity index (χ0v) is 4.66. The Hall–Kier alpha value is -1.05. The van der Waals surface area contributed by atoms with Gasteiger partial charge in [-0.1, -0.05) is 0 Å². The van der Waals surface area contributed by atoms with E-state index >= 15 is 0 Å². The quantitative estimate of drug-likeness (QED) is 0.461. The van der Waals surface area contributed by atoms with Crippen molar-refractivity contribution in [2.45, 2.75) is 6.92 Å². The average Bonchev–Trinajstić information content (AvgIpc) is 1.94. The van der Waals surface area contributed by atoms with Crippen molar-refractivity contribution < 1.29 is 4.74 Å². The number of hydrogen-bond acceptors (Lipinski definition) is 2. The topological polar surface area (TPSA) is 21.6 Å². The Kier molecular flexibility index (Phi) is 1.47. The van der Waals surface area contributed by atoms with Crippen LogP contribution in [-0.2, 0) is 4.74 Å². The molecule has 42 valence electrons. The van der Waals surface area contributed by atoms with Gasteiger partial charge in [-0.25, -0.2) is 0 Å². The summed E-state index contributed by atoms with van der Waals surface area (Å²) in [5, 5.41) is 0. The molecule has 0 unspecified atom stereocenters. The molecule has 0 spiro atoms. The first-order valence-corrected chi connectivity index (χ1v) is 2.41. The van der Waals surface area contributed by atoms with E-state index in [1.54, 1.807) is 24.8 Å². The van der Waals surface area contributed by atoms with Crippen molar-refractivity contribution in [2.24, 2.45) is 4.99 Å². The van der Waals surface area contributed by atoms with Gasteiger partial charge >= 0.3 is 0 Å². The summed E-state index contributed by atoms with van der Waals surface area (Å²) < 4.78 is 4.96. The van der Waals surface area contributed by atoms with Gasteiger partial charge in [0.2, 0.25) is 0 Å². The first-order valence-electron chi connectivity index (χ1n) is 2.41. The second-order valence-corrected chi connectivity index (χ2v) is 1.48. The smallest absolute Gasteiger partial charge is 0.109 e. The minimum atomic E-state index is 0.863. The van der Waals surface area contributed by atoms with Crippen LogP contribution in [0, 0.1) is 0 Å². The molecule has 0 N–H and O–H groups in total. The Morgan fingerprint density at radius 2 is 2.50 bits per heavy atom. The van der Waals surface area contributed by atoms with E-state index in [0.717, 1.165) is 5.76 Å². The molecule has 0 saturated heterocycles. The summed E-state index contributed by atoms with van der Waals surface area (Å²) in [4.78, 5) is 3.81. The van der Waals surface area contributed by atoms with Crippen LogP contribution in [0.5, 0.6) is 0 Å². The molecule has 0 aromatic carbocycles. The van der Waals surface area contributed by atoms with Crippen molar-refractivity contribution >= 4 is 6.21 Å². The van der Waals surface area contributed by atoms with Crippen molar-refractivity contribution in [2.75, 3.05) is 0 Å². The Morgan fingerprint density at radius 1 is 1.62 bits per heavy atom. The predicted molar refractivity (Wildman–Crippen MR) is 32.5 cm³/mol. The Morgan fingerprint density at radius 3 is 3.38 bits per heavy atom. The van der Waals surface area contributed by atoms with Crippen LogP contribution >= 0.6 is 0 Å². The lowest BCUT2D eigenvalue weighted by Gasteiger charge is -1.91. The standard InChI is InChI=1S/C6H7NO/c1-6-2-3-7-4-5-8-6/h2-5H,1H3. The minimum Gasteiger partial charge on any atom is -0.468 e. The molecule has 2 heteroatoms. The van der Waals surface area contributed by atoms with Gasteiger partial charge in [0.15, 0.2) is 0 Å². The first-order chi connectivity index (χ1) is 3.89. The van der Waals surface area contributed by atoms with Crippen LogP contribution in [0.25, 0.3) is 0 Å². The monoisotopic (exact) mass is 109 g/mol. The molecular weight excluding hydrogens is 102 g/mol. The van der Waals surface area contributed by atoms with Crippen LogP contribution < -0.4 is 0 Å². The second-order valence-electron chi connectivity index (χ2n) is 1.48. The van der Waals surface area contributed by atoms with E-state index in [1.165, 1.54) is 0 Å². The van der Waals surface area contributed by atoms with Gasteiger partial charge in [-0.15, -0.1) is 0 Å². The molecule has 0 saturated carbocycles. The van der Waals surface area contributed by atoms with Gasteiger partial charge in [0.1, 0.15) is 12.0 Å². The summed E-state index contributed by atoms with van der Waals surface area (Å²) in [5.41, 5.74) is 0. The van der Waals surface area contributed by atoms with Crippen LogP contribution in [-0.4, -0.2) is 6.21 Å². The van der Waals surface area contributed by atoms with E-state index in [0.29, 0.717) is 0 Å². The summed E-state index contributed by atoms with van der Waals surface area (Å²) in [6.07, 6.45) is 6.65. The minimum absolute atomic E-state index is 0.863. The van der Waals surface area contributed by atoms with E-state index in [2.05, 4.69) is 4.99 Å². The molecule has 0 aliphatic carbocycles. The third-order valence-corrected chi connectivity index (χ3v) is 0.796. The van der Waals surface area contributed by atoms with Crippen LogP contribution in [0.4, 0.5) is 0 Å². The maximum Gasteiger partial charge on any atom is 0.109 e. The van der Waals surface area contributed by atoms with Crippen molar-refractivity contribution in [3.63, 3.8) is 0 Å². The Labute approximate surface area is 48.2 Å². The second kappa shape index (κ2) is 2.31. The van der Waals surface area contributed by atoms with E-state index in [-0.39, 0.29) is 0 Å². The molecule has 0 fully saturated rings. The predicted octanol–water partition coefficient (Wildman–Crippen LogP) is 1.46. The third-order valence-electron chi connectivity index (χ3n) is 0.796. The van der Waals surface area contributed by atoms with E-state index in [1.807, 2.05) is 6.92 Å². The number of aliphatic imine (C=N–C) groups is 1. The molecule has 0 aromatic rings. The summed E-state index contributed by atoms with van der Waals surface area (Å²) in [7, 11) is 0. The highest BCUT2D eigenvalue weighted by molar-refractivity contribution is 5.72. The number of hydrogen-bond donors (Lipinski definition) is 0. The van der Waals surface area contributed by atoms with Gasteiger partial charge in [0, 0.05) is 6.21 Å². The molecule has 0 radical (unpaired) electrons. The number of ether oxygens (including phenoxy) is 1. The summed E-state index contributed by atoms with van der Waals surface area (Å²) in [5.74, 6) is 0.863. The molecule has 0 aromatic heterocycles. The zero-order valence-electron chi connectivity index (χ0n) is 4.66. The average molecular weight is 109 g/mol. The molecule has 2 nitrogen and oxygen atoms in total. The van der Waals surface area contributed by atoms with Gasteiger partial charge < -0.3 is 4.74 Å². The molecule has 1 heterocycles. The highest BCUT2D eigenvalue weighted by Gasteiger charge is 1.83. The summed E-state index contributed by atoms with van der Waals surface area (Å²) in [6, 6.07) is 0. The van der Waals surface area contributed by atoms with E-state index < -0.39 is 0 Å². The molecular formula is C6H7NO. The fourth-order valence-corrected chi connectivity index (χ4v) is 0.410. The summed E-state index contributed by atoms with van der Waals surface area (Å²) >= 11 is 0. The molecule has 1 aliphatic heterocycles. The van der Waals surface area contributed by atoms with Crippen LogP contribution in [0.1, 0.15) is 6.92 Å². The molecule has 1 aliphatic rings. The van der Waals surface area contributed by atoms with E-state index in [9.17, 15) is 0 Å².